The fourth-order valence-electron chi connectivity index (χ4n) is 2.78. The third-order valence-corrected chi connectivity index (χ3v) is 4.50. The average molecular weight is 380 g/mol. The van der Waals surface area contributed by atoms with Crippen LogP contribution < -0.4 is 10.1 Å². The topological polar surface area (TPSA) is 38.3 Å². The molecule has 27 heavy (non-hydrogen) atoms. The van der Waals surface area contributed by atoms with Crippen molar-refractivity contribution >= 4 is 23.2 Å². The second-order valence-corrected chi connectivity index (χ2v) is 7.49. The van der Waals surface area contributed by atoms with Crippen molar-refractivity contribution in [3.05, 3.63) is 89.4 Å². The van der Waals surface area contributed by atoms with E-state index < -0.39 is 5.41 Å². The Kier molecular flexibility index (Phi) is 5.82. The number of para-hydroxylation sites is 1. The Morgan fingerprint density at radius 1 is 0.963 bits per heavy atom. The second-order valence-electron chi connectivity index (χ2n) is 7.06. The number of carbonyl (C=O) groups excluding carboxylic acids is 1. The van der Waals surface area contributed by atoms with E-state index in [0.29, 0.717) is 28.6 Å². The number of anilines is 1. The molecule has 3 rings (SSSR count). The van der Waals surface area contributed by atoms with Crippen LogP contribution in [-0.4, -0.2) is 5.91 Å². The molecule has 0 aliphatic carbocycles. The molecule has 4 heteroatoms. The molecule has 0 fully saturated rings. The molecule has 3 aromatic rings. The minimum Gasteiger partial charge on any atom is -0.455 e. The summed E-state index contributed by atoms with van der Waals surface area (Å²) in [6, 6.07) is 24.6. The van der Waals surface area contributed by atoms with Crippen molar-refractivity contribution in [3.63, 3.8) is 0 Å². The average Bonchev–Trinajstić information content (AvgIpc) is 2.65. The van der Waals surface area contributed by atoms with Crippen molar-refractivity contribution in [1.82, 2.24) is 0 Å². The van der Waals surface area contributed by atoms with Crippen molar-refractivity contribution < 1.29 is 9.53 Å². The highest BCUT2D eigenvalue weighted by atomic mass is 35.5. The standard InChI is InChI=1S/C23H22ClNO2/c1-23(2,16-17-9-5-3-6-10-17)22(26)25-20-15-18(24)13-14-21(20)27-19-11-7-4-8-12-19/h3-15H,16H2,1-2H3,(H,25,26). The van der Waals surface area contributed by atoms with Crippen LogP contribution >= 0.6 is 11.6 Å². The van der Waals surface area contributed by atoms with Crippen LogP contribution in [0.2, 0.25) is 5.02 Å². The Hall–Kier alpha value is -2.78. The van der Waals surface area contributed by atoms with Gasteiger partial charge in [-0.3, -0.25) is 4.79 Å². The largest absolute Gasteiger partial charge is 0.455 e. The van der Waals surface area contributed by atoms with Gasteiger partial charge in [-0.2, -0.15) is 0 Å². The highest BCUT2D eigenvalue weighted by Gasteiger charge is 2.28. The number of rotatable bonds is 6. The molecule has 0 aliphatic rings. The molecule has 1 amide bonds. The maximum Gasteiger partial charge on any atom is 0.230 e. The van der Waals surface area contributed by atoms with E-state index in [1.54, 1.807) is 18.2 Å². The molecular weight excluding hydrogens is 358 g/mol. The van der Waals surface area contributed by atoms with Gasteiger partial charge in [0.25, 0.3) is 0 Å². The van der Waals surface area contributed by atoms with Gasteiger partial charge in [0, 0.05) is 10.4 Å². The predicted octanol–water partition coefficient (Wildman–Crippen LogP) is 6.34. The summed E-state index contributed by atoms with van der Waals surface area (Å²) in [5, 5.41) is 3.52. The Morgan fingerprint density at radius 2 is 1.59 bits per heavy atom. The molecule has 0 aromatic heterocycles. The van der Waals surface area contributed by atoms with E-state index in [-0.39, 0.29) is 5.91 Å². The molecule has 0 saturated heterocycles. The van der Waals surface area contributed by atoms with Crippen LogP contribution in [0.5, 0.6) is 11.5 Å². The Morgan fingerprint density at radius 3 is 2.26 bits per heavy atom. The van der Waals surface area contributed by atoms with Crippen LogP contribution in [0.4, 0.5) is 5.69 Å². The molecule has 0 bridgehead atoms. The first-order valence-corrected chi connectivity index (χ1v) is 9.20. The number of hydrogen-bond donors (Lipinski definition) is 1. The molecule has 0 heterocycles. The Labute approximate surface area is 164 Å². The third-order valence-electron chi connectivity index (χ3n) is 4.26. The van der Waals surface area contributed by atoms with Gasteiger partial charge >= 0.3 is 0 Å². The quantitative estimate of drug-likeness (QED) is 0.542. The minimum atomic E-state index is -0.590. The molecule has 1 N–H and O–H groups in total. The number of benzene rings is 3. The van der Waals surface area contributed by atoms with E-state index >= 15 is 0 Å². The zero-order chi connectivity index (χ0) is 19.3. The zero-order valence-electron chi connectivity index (χ0n) is 15.4. The lowest BCUT2D eigenvalue weighted by atomic mass is 9.84. The molecule has 3 nitrogen and oxygen atoms in total. The summed E-state index contributed by atoms with van der Waals surface area (Å²) < 4.78 is 5.92. The predicted molar refractivity (Wildman–Crippen MR) is 111 cm³/mol. The summed E-state index contributed by atoms with van der Waals surface area (Å²) in [5.74, 6) is 1.15. The summed E-state index contributed by atoms with van der Waals surface area (Å²) in [6.07, 6.45) is 0.634. The SMILES string of the molecule is CC(C)(Cc1ccccc1)C(=O)Nc1cc(Cl)ccc1Oc1ccccc1. The highest BCUT2D eigenvalue weighted by Crippen LogP contribution is 2.33. The van der Waals surface area contributed by atoms with Crippen molar-refractivity contribution in [1.29, 1.82) is 0 Å². The number of amides is 1. The molecule has 0 radical (unpaired) electrons. The highest BCUT2D eigenvalue weighted by molar-refractivity contribution is 6.31. The van der Waals surface area contributed by atoms with Crippen LogP contribution in [0.25, 0.3) is 0 Å². The first-order chi connectivity index (χ1) is 12.9. The van der Waals surface area contributed by atoms with Crippen molar-refractivity contribution in [2.24, 2.45) is 5.41 Å². The van der Waals surface area contributed by atoms with Crippen molar-refractivity contribution in [2.75, 3.05) is 5.32 Å². The van der Waals surface area contributed by atoms with Gasteiger partial charge in [-0.1, -0.05) is 74.0 Å². The van der Waals surface area contributed by atoms with Crippen LogP contribution in [0, 0.1) is 5.41 Å². The van der Waals surface area contributed by atoms with E-state index in [0.717, 1.165) is 5.56 Å². The monoisotopic (exact) mass is 379 g/mol. The fraction of sp³-hybridized carbons (Fsp3) is 0.174. The van der Waals surface area contributed by atoms with Crippen LogP contribution in [0.3, 0.4) is 0 Å². The van der Waals surface area contributed by atoms with Gasteiger partial charge in [-0.25, -0.2) is 0 Å². The molecular formula is C23H22ClNO2. The van der Waals surface area contributed by atoms with Gasteiger partial charge in [-0.05, 0) is 42.3 Å². The normalized spacial score (nSPS) is 11.1. The van der Waals surface area contributed by atoms with Gasteiger partial charge in [0.05, 0.1) is 5.69 Å². The number of hydrogen-bond acceptors (Lipinski definition) is 2. The summed E-state index contributed by atoms with van der Waals surface area (Å²) in [6.45, 7) is 3.86. The van der Waals surface area contributed by atoms with Crippen LogP contribution in [0.15, 0.2) is 78.9 Å². The molecule has 138 valence electrons. The number of halogens is 1. The maximum absolute atomic E-state index is 12.9. The van der Waals surface area contributed by atoms with Crippen molar-refractivity contribution in [3.8, 4) is 11.5 Å². The smallest absolute Gasteiger partial charge is 0.230 e. The van der Waals surface area contributed by atoms with E-state index in [2.05, 4.69) is 5.32 Å². The zero-order valence-corrected chi connectivity index (χ0v) is 16.2. The summed E-state index contributed by atoms with van der Waals surface area (Å²) in [4.78, 5) is 12.9. The summed E-state index contributed by atoms with van der Waals surface area (Å²) in [5.41, 5.74) is 1.08. The number of ether oxygens (including phenoxy) is 1. The summed E-state index contributed by atoms with van der Waals surface area (Å²) in [7, 11) is 0. The van der Waals surface area contributed by atoms with Gasteiger partial charge in [0.1, 0.15) is 5.75 Å². The van der Waals surface area contributed by atoms with Crippen LogP contribution in [-0.2, 0) is 11.2 Å². The third kappa shape index (κ3) is 5.11. The first-order valence-electron chi connectivity index (χ1n) is 8.82. The minimum absolute atomic E-state index is 0.0912. The van der Waals surface area contributed by atoms with Gasteiger partial charge < -0.3 is 10.1 Å². The molecule has 0 spiro atoms. The first kappa shape index (κ1) is 19.0. The molecule has 0 aliphatic heterocycles. The van der Waals surface area contributed by atoms with E-state index in [1.165, 1.54) is 0 Å². The van der Waals surface area contributed by atoms with Gasteiger partial charge in [0.15, 0.2) is 5.75 Å². The van der Waals surface area contributed by atoms with E-state index in [4.69, 9.17) is 16.3 Å². The lowest BCUT2D eigenvalue weighted by Crippen LogP contribution is -2.32. The molecule has 0 unspecified atom stereocenters. The van der Waals surface area contributed by atoms with Crippen molar-refractivity contribution in [2.45, 2.75) is 20.3 Å². The van der Waals surface area contributed by atoms with E-state index in [1.807, 2.05) is 74.5 Å². The molecule has 0 saturated carbocycles. The number of carbonyl (C=O) groups is 1. The lowest BCUT2D eigenvalue weighted by molar-refractivity contribution is -0.123. The van der Waals surface area contributed by atoms with Gasteiger partial charge in [-0.15, -0.1) is 0 Å². The van der Waals surface area contributed by atoms with E-state index in [9.17, 15) is 4.79 Å². The van der Waals surface area contributed by atoms with Crippen LogP contribution in [0.1, 0.15) is 19.4 Å². The fourth-order valence-corrected chi connectivity index (χ4v) is 2.95. The molecule has 0 atom stereocenters. The molecule has 3 aromatic carbocycles. The second kappa shape index (κ2) is 8.28. The maximum atomic E-state index is 12.9. The Balaban J connectivity index is 1.79. The lowest BCUT2D eigenvalue weighted by Gasteiger charge is -2.24. The number of nitrogens with one attached hydrogen (secondary N) is 1. The Bertz CT molecular complexity index is 908. The summed E-state index contributed by atoms with van der Waals surface area (Å²) >= 11 is 6.14. The van der Waals surface area contributed by atoms with Gasteiger partial charge in [0.2, 0.25) is 5.91 Å².